The summed E-state index contributed by atoms with van der Waals surface area (Å²) in [5.41, 5.74) is 3.25. The Labute approximate surface area is 149 Å². The first-order chi connectivity index (χ1) is 12.8. The zero-order valence-corrected chi connectivity index (χ0v) is 13.9. The lowest BCUT2D eigenvalue weighted by atomic mass is 10.0. The molecular formula is C23H15NO2. The maximum absolute atomic E-state index is 10.3. The Kier molecular flexibility index (Phi) is 3.25. The van der Waals surface area contributed by atoms with Gasteiger partial charge in [-0.25, -0.2) is 0 Å². The third-order valence-corrected chi connectivity index (χ3v) is 4.65. The molecule has 0 aliphatic rings. The second-order valence-corrected chi connectivity index (χ2v) is 6.26. The SMILES string of the molecule is Oc1ccc2ccccc2c1C=Nc1ccc2oc3ccccc3c2c1. The number of aliphatic imine (C=N–C) groups is 1. The molecule has 26 heavy (non-hydrogen) atoms. The van der Waals surface area contributed by atoms with E-state index in [4.69, 9.17) is 4.42 Å². The molecule has 0 atom stereocenters. The van der Waals surface area contributed by atoms with Crippen LogP contribution in [0.4, 0.5) is 5.69 Å². The smallest absolute Gasteiger partial charge is 0.135 e. The second-order valence-electron chi connectivity index (χ2n) is 6.26. The number of benzene rings is 4. The van der Waals surface area contributed by atoms with Gasteiger partial charge in [-0.05, 0) is 41.1 Å². The van der Waals surface area contributed by atoms with Crippen molar-refractivity contribution < 1.29 is 9.52 Å². The van der Waals surface area contributed by atoms with Crippen molar-refractivity contribution in [2.75, 3.05) is 0 Å². The summed E-state index contributed by atoms with van der Waals surface area (Å²) in [4.78, 5) is 4.60. The molecule has 0 aliphatic heterocycles. The fourth-order valence-corrected chi connectivity index (χ4v) is 3.35. The lowest BCUT2D eigenvalue weighted by Gasteiger charge is -2.04. The van der Waals surface area contributed by atoms with E-state index >= 15 is 0 Å². The third kappa shape index (κ3) is 2.33. The van der Waals surface area contributed by atoms with Gasteiger partial charge in [0.25, 0.3) is 0 Å². The summed E-state index contributed by atoms with van der Waals surface area (Å²) in [7, 11) is 0. The van der Waals surface area contributed by atoms with Crippen LogP contribution in [-0.2, 0) is 0 Å². The summed E-state index contributed by atoms with van der Waals surface area (Å²) in [6, 6.07) is 25.4. The first-order valence-electron chi connectivity index (χ1n) is 8.46. The van der Waals surface area contributed by atoms with E-state index in [1.165, 1.54) is 0 Å². The quantitative estimate of drug-likeness (QED) is 0.390. The number of phenolic OH excluding ortho intramolecular Hbond substituents is 1. The van der Waals surface area contributed by atoms with Gasteiger partial charge < -0.3 is 9.52 Å². The Morgan fingerprint density at radius 2 is 1.50 bits per heavy atom. The molecule has 0 amide bonds. The first-order valence-corrected chi connectivity index (χ1v) is 8.46. The van der Waals surface area contributed by atoms with Crippen LogP contribution in [0.2, 0.25) is 0 Å². The van der Waals surface area contributed by atoms with E-state index in [9.17, 15) is 5.11 Å². The van der Waals surface area contributed by atoms with Crippen molar-refractivity contribution in [3.63, 3.8) is 0 Å². The van der Waals surface area contributed by atoms with Crippen molar-refractivity contribution >= 4 is 44.6 Å². The van der Waals surface area contributed by atoms with Crippen molar-refractivity contribution in [1.29, 1.82) is 0 Å². The maximum Gasteiger partial charge on any atom is 0.135 e. The van der Waals surface area contributed by atoms with E-state index < -0.39 is 0 Å². The summed E-state index contributed by atoms with van der Waals surface area (Å²) >= 11 is 0. The van der Waals surface area contributed by atoms with Gasteiger partial charge in [0, 0.05) is 22.6 Å². The van der Waals surface area contributed by atoms with Gasteiger partial charge in [-0.3, -0.25) is 4.99 Å². The Bertz CT molecular complexity index is 1300. The molecule has 1 heterocycles. The number of fused-ring (bicyclic) bond motifs is 4. The molecule has 0 fully saturated rings. The zero-order valence-electron chi connectivity index (χ0n) is 13.9. The second kappa shape index (κ2) is 5.74. The van der Waals surface area contributed by atoms with Crippen molar-refractivity contribution in [2.45, 2.75) is 0 Å². The molecule has 5 aromatic rings. The number of rotatable bonds is 2. The number of nitrogens with zero attached hydrogens (tertiary/aromatic N) is 1. The minimum atomic E-state index is 0.224. The van der Waals surface area contributed by atoms with Crippen LogP contribution in [0.5, 0.6) is 5.75 Å². The number of phenols is 1. The molecular weight excluding hydrogens is 322 g/mol. The van der Waals surface area contributed by atoms with Gasteiger partial charge in [0.05, 0.1) is 5.69 Å². The number of para-hydroxylation sites is 1. The third-order valence-electron chi connectivity index (χ3n) is 4.65. The van der Waals surface area contributed by atoms with E-state index in [2.05, 4.69) is 4.99 Å². The molecule has 0 radical (unpaired) electrons. The highest BCUT2D eigenvalue weighted by Gasteiger charge is 2.07. The van der Waals surface area contributed by atoms with Crippen LogP contribution >= 0.6 is 0 Å². The number of aromatic hydroxyl groups is 1. The first kappa shape index (κ1) is 14.7. The Morgan fingerprint density at radius 3 is 2.42 bits per heavy atom. The van der Waals surface area contributed by atoms with Gasteiger partial charge >= 0.3 is 0 Å². The van der Waals surface area contributed by atoms with Crippen molar-refractivity contribution in [3.8, 4) is 5.75 Å². The summed E-state index contributed by atoms with van der Waals surface area (Å²) in [6.07, 6.45) is 1.72. The van der Waals surface area contributed by atoms with Crippen molar-refractivity contribution in [2.24, 2.45) is 4.99 Å². The van der Waals surface area contributed by atoms with Gasteiger partial charge in [-0.2, -0.15) is 0 Å². The fourth-order valence-electron chi connectivity index (χ4n) is 3.35. The summed E-state index contributed by atoms with van der Waals surface area (Å²) in [6.45, 7) is 0. The van der Waals surface area contributed by atoms with Crippen LogP contribution in [0.25, 0.3) is 32.7 Å². The fraction of sp³-hybridized carbons (Fsp3) is 0. The molecule has 124 valence electrons. The van der Waals surface area contributed by atoms with Gasteiger partial charge in [0.1, 0.15) is 16.9 Å². The Balaban J connectivity index is 1.63. The van der Waals surface area contributed by atoms with Gasteiger partial charge in [-0.15, -0.1) is 0 Å². The highest BCUT2D eigenvalue weighted by Crippen LogP contribution is 2.32. The van der Waals surface area contributed by atoms with E-state index in [1.54, 1.807) is 12.3 Å². The molecule has 0 saturated heterocycles. The lowest BCUT2D eigenvalue weighted by molar-refractivity contribution is 0.475. The molecule has 0 unspecified atom stereocenters. The van der Waals surface area contributed by atoms with Crippen LogP contribution in [0, 0.1) is 0 Å². The summed E-state index contributed by atoms with van der Waals surface area (Å²) in [5, 5.41) is 14.4. The van der Waals surface area contributed by atoms with Crippen LogP contribution < -0.4 is 0 Å². The Hall–Kier alpha value is -3.59. The van der Waals surface area contributed by atoms with Crippen molar-refractivity contribution in [3.05, 3.63) is 84.4 Å². The van der Waals surface area contributed by atoms with Crippen LogP contribution in [0.15, 0.2) is 88.3 Å². The van der Waals surface area contributed by atoms with E-state index in [1.807, 2.05) is 72.8 Å². The molecule has 0 spiro atoms. The average Bonchev–Trinajstić information content (AvgIpc) is 3.05. The van der Waals surface area contributed by atoms with Crippen LogP contribution in [-0.4, -0.2) is 11.3 Å². The average molecular weight is 337 g/mol. The minimum absolute atomic E-state index is 0.224. The number of hydrogen-bond acceptors (Lipinski definition) is 3. The van der Waals surface area contributed by atoms with Crippen LogP contribution in [0.1, 0.15) is 5.56 Å². The van der Waals surface area contributed by atoms with E-state index in [0.717, 1.165) is 44.0 Å². The standard InChI is InChI=1S/C23H15NO2/c25-21-11-9-15-5-1-2-6-17(15)20(21)14-24-16-10-12-23-19(13-16)18-7-3-4-8-22(18)26-23/h1-14,25H. The zero-order chi connectivity index (χ0) is 17.5. The topological polar surface area (TPSA) is 45.7 Å². The molecule has 5 rings (SSSR count). The number of furan rings is 1. The molecule has 3 heteroatoms. The Morgan fingerprint density at radius 1 is 0.731 bits per heavy atom. The highest BCUT2D eigenvalue weighted by atomic mass is 16.3. The molecule has 0 aliphatic carbocycles. The molecule has 0 bridgehead atoms. The van der Waals surface area contributed by atoms with E-state index in [-0.39, 0.29) is 5.75 Å². The number of hydrogen-bond donors (Lipinski definition) is 1. The molecule has 3 nitrogen and oxygen atoms in total. The maximum atomic E-state index is 10.3. The minimum Gasteiger partial charge on any atom is -0.507 e. The summed E-state index contributed by atoms with van der Waals surface area (Å²) in [5.74, 6) is 0.224. The van der Waals surface area contributed by atoms with Crippen molar-refractivity contribution in [1.82, 2.24) is 0 Å². The van der Waals surface area contributed by atoms with Gasteiger partial charge in [-0.1, -0.05) is 48.5 Å². The van der Waals surface area contributed by atoms with Gasteiger partial charge in [0.2, 0.25) is 0 Å². The lowest BCUT2D eigenvalue weighted by Crippen LogP contribution is -1.85. The van der Waals surface area contributed by atoms with Gasteiger partial charge in [0.15, 0.2) is 0 Å². The predicted octanol–water partition coefficient (Wildman–Crippen LogP) is 6.20. The predicted molar refractivity (Wildman–Crippen MR) is 107 cm³/mol. The monoisotopic (exact) mass is 337 g/mol. The summed E-state index contributed by atoms with van der Waals surface area (Å²) < 4.78 is 5.86. The molecule has 4 aromatic carbocycles. The van der Waals surface area contributed by atoms with Crippen LogP contribution in [0.3, 0.4) is 0 Å². The van der Waals surface area contributed by atoms with E-state index in [0.29, 0.717) is 0 Å². The largest absolute Gasteiger partial charge is 0.507 e. The highest BCUT2D eigenvalue weighted by molar-refractivity contribution is 6.06. The normalized spacial score (nSPS) is 11.8. The molecule has 1 aromatic heterocycles. The molecule has 0 saturated carbocycles. The molecule has 1 N–H and O–H groups in total.